The van der Waals surface area contributed by atoms with Crippen molar-refractivity contribution in [3.8, 4) is 11.5 Å². The predicted octanol–water partition coefficient (Wildman–Crippen LogP) is 4.49. The number of hydrogen-bond acceptors (Lipinski definition) is 4. The average molecular weight is 384 g/mol. The highest BCUT2D eigenvalue weighted by Gasteiger charge is 2.10. The molecule has 0 spiro atoms. The lowest BCUT2D eigenvalue weighted by atomic mass is 10.2. The zero-order chi connectivity index (χ0) is 15.9. The summed E-state index contributed by atoms with van der Waals surface area (Å²) in [5.41, 5.74) is 0.701. The minimum atomic E-state index is -0.0547. The minimum Gasteiger partial charge on any atom is -0.490 e. The van der Waals surface area contributed by atoms with Crippen LogP contribution in [0.15, 0.2) is 34.1 Å². The van der Waals surface area contributed by atoms with Crippen LogP contribution in [0.3, 0.4) is 0 Å². The van der Waals surface area contributed by atoms with E-state index in [1.54, 1.807) is 17.4 Å². The van der Waals surface area contributed by atoms with Crippen LogP contribution in [0.2, 0.25) is 0 Å². The molecule has 1 heterocycles. The van der Waals surface area contributed by atoms with Crippen LogP contribution in [-0.2, 0) is 11.2 Å². The number of carbonyl (C=O) groups excluding carboxylic acids is 1. The maximum atomic E-state index is 12.1. The highest BCUT2D eigenvalue weighted by atomic mass is 79.9. The molecular formula is C16H18BrNO3S. The van der Waals surface area contributed by atoms with Crippen molar-refractivity contribution in [1.82, 2.24) is 0 Å². The molecule has 1 amide bonds. The van der Waals surface area contributed by atoms with Crippen LogP contribution in [0, 0.1) is 0 Å². The lowest BCUT2D eigenvalue weighted by molar-refractivity contribution is -0.115. The van der Waals surface area contributed by atoms with Crippen molar-refractivity contribution in [2.45, 2.75) is 20.3 Å². The second-order valence-corrected chi connectivity index (χ2v) is 7.01. The van der Waals surface area contributed by atoms with Gasteiger partial charge in [0.25, 0.3) is 0 Å². The first kappa shape index (κ1) is 16.8. The third kappa shape index (κ3) is 4.74. The normalized spacial score (nSPS) is 10.3. The molecule has 0 aliphatic heterocycles. The molecule has 0 aliphatic rings. The Kier molecular flexibility index (Phi) is 6.27. The number of amides is 1. The Morgan fingerprint density at radius 1 is 1.14 bits per heavy atom. The van der Waals surface area contributed by atoms with Crippen molar-refractivity contribution < 1.29 is 14.3 Å². The highest BCUT2D eigenvalue weighted by Crippen LogP contribution is 2.31. The van der Waals surface area contributed by atoms with E-state index < -0.39 is 0 Å². The molecule has 0 atom stereocenters. The zero-order valence-corrected chi connectivity index (χ0v) is 14.9. The number of anilines is 1. The zero-order valence-electron chi connectivity index (χ0n) is 12.5. The van der Waals surface area contributed by atoms with E-state index in [-0.39, 0.29) is 5.91 Å². The van der Waals surface area contributed by atoms with Crippen LogP contribution < -0.4 is 14.8 Å². The SMILES string of the molecule is CCOc1ccc(NC(=O)Cc2ccc(Br)s2)cc1OCC. The summed E-state index contributed by atoms with van der Waals surface area (Å²) in [5.74, 6) is 1.27. The molecule has 0 unspecified atom stereocenters. The number of benzene rings is 1. The number of ether oxygens (including phenoxy) is 2. The summed E-state index contributed by atoms with van der Waals surface area (Å²) in [6.07, 6.45) is 0.355. The highest BCUT2D eigenvalue weighted by molar-refractivity contribution is 9.11. The van der Waals surface area contributed by atoms with Gasteiger partial charge in [-0.3, -0.25) is 4.79 Å². The van der Waals surface area contributed by atoms with Crippen LogP contribution in [0.5, 0.6) is 11.5 Å². The maximum Gasteiger partial charge on any atom is 0.229 e. The Morgan fingerprint density at radius 3 is 2.50 bits per heavy atom. The van der Waals surface area contributed by atoms with E-state index in [4.69, 9.17) is 9.47 Å². The van der Waals surface area contributed by atoms with Gasteiger partial charge in [0.05, 0.1) is 23.4 Å². The van der Waals surface area contributed by atoms with E-state index in [0.29, 0.717) is 36.8 Å². The summed E-state index contributed by atoms with van der Waals surface area (Å²) in [6.45, 7) is 4.94. The van der Waals surface area contributed by atoms with Crippen LogP contribution in [0.25, 0.3) is 0 Å². The lowest BCUT2D eigenvalue weighted by Crippen LogP contribution is -2.13. The Labute approximate surface area is 142 Å². The van der Waals surface area contributed by atoms with Crippen molar-refractivity contribution >= 4 is 38.9 Å². The monoisotopic (exact) mass is 383 g/mol. The summed E-state index contributed by atoms with van der Waals surface area (Å²) in [6, 6.07) is 9.30. The molecule has 1 N–H and O–H groups in total. The van der Waals surface area contributed by atoms with Gasteiger partial charge in [-0.15, -0.1) is 11.3 Å². The molecule has 0 fully saturated rings. The fourth-order valence-electron chi connectivity index (χ4n) is 1.94. The molecule has 22 heavy (non-hydrogen) atoms. The summed E-state index contributed by atoms with van der Waals surface area (Å²) in [5, 5.41) is 2.88. The second kappa shape index (κ2) is 8.19. The van der Waals surface area contributed by atoms with Gasteiger partial charge in [-0.05, 0) is 54.0 Å². The van der Waals surface area contributed by atoms with E-state index in [1.807, 2.05) is 38.1 Å². The largest absolute Gasteiger partial charge is 0.490 e. The summed E-state index contributed by atoms with van der Waals surface area (Å²) in [7, 11) is 0. The van der Waals surface area contributed by atoms with Gasteiger partial charge in [0, 0.05) is 16.6 Å². The van der Waals surface area contributed by atoms with E-state index in [2.05, 4.69) is 21.2 Å². The summed E-state index contributed by atoms with van der Waals surface area (Å²) in [4.78, 5) is 13.1. The van der Waals surface area contributed by atoms with Crippen molar-refractivity contribution in [2.24, 2.45) is 0 Å². The Bertz CT molecular complexity index is 642. The lowest BCUT2D eigenvalue weighted by Gasteiger charge is -2.13. The molecule has 0 saturated carbocycles. The Balaban J connectivity index is 2.05. The van der Waals surface area contributed by atoms with Gasteiger partial charge >= 0.3 is 0 Å². The average Bonchev–Trinajstić information content (AvgIpc) is 2.87. The van der Waals surface area contributed by atoms with Crippen molar-refractivity contribution in [1.29, 1.82) is 0 Å². The molecule has 0 bridgehead atoms. The number of rotatable bonds is 7. The fourth-order valence-corrected chi connectivity index (χ4v) is 3.42. The molecule has 4 nitrogen and oxygen atoms in total. The number of carbonyl (C=O) groups is 1. The molecular weight excluding hydrogens is 366 g/mol. The Hall–Kier alpha value is -1.53. The molecule has 0 saturated heterocycles. The van der Waals surface area contributed by atoms with Crippen LogP contribution in [0.4, 0.5) is 5.69 Å². The standard InChI is InChI=1S/C16H18BrNO3S/c1-3-20-13-7-5-11(9-14(13)21-4-2)18-16(19)10-12-6-8-15(17)22-12/h5-9H,3-4,10H2,1-2H3,(H,18,19). The van der Waals surface area contributed by atoms with Crippen molar-refractivity contribution in [3.05, 3.63) is 39.0 Å². The van der Waals surface area contributed by atoms with Gasteiger partial charge in [-0.25, -0.2) is 0 Å². The maximum absolute atomic E-state index is 12.1. The number of nitrogens with one attached hydrogen (secondary N) is 1. The fraction of sp³-hybridized carbons (Fsp3) is 0.312. The van der Waals surface area contributed by atoms with Gasteiger partial charge < -0.3 is 14.8 Å². The van der Waals surface area contributed by atoms with Crippen molar-refractivity contribution in [2.75, 3.05) is 18.5 Å². The van der Waals surface area contributed by atoms with Crippen molar-refractivity contribution in [3.63, 3.8) is 0 Å². The van der Waals surface area contributed by atoms with E-state index in [0.717, 1.165) is 8.66 Å². The van der Waals surface area contributed by atoms with E-state index in [9.17, 15) is 4.79 Å². The van der Waals surface area contributed by atoms with Gasteiger partial charge in [-0.2, -0.15) is 0 Å². The quantitative estimate of drug-likeness (QED) is 0.765. The predicted molar refractivity (Wildman–Crippen MR) is 93.1 cm³/mol. The van der Waals surface area contributed by atoms with E-state index >= 15 is 0 Å². The van der Waals surface area contributed by atoms with E-state index in [1.165, 1.54) is 0 Å². The van der Waals surface area contributed by atoms with Gasteiger partial charge in [0.2, 0.25) is 5.91 Å². The molecule has 6 heteroatoms. The van der Waals surface area contributed by atoms with Crippen LogP contribution in [-0.4, -0.2) is 19.1 Å². The number of hydrogen-bond donors (Lipinski definition) is 1. The smallest absolute Gasteiger partial charge is 0.229 e. The third-order valence-corrected chi connectivity index (χ3v) is 4.41. The number of thiophene rings is 1. The molecule has 0 aliphatic carbocycles. The molecule has 118 valence electrons. The van der Waals surface area contributed by atoms with Crippen LogP contribution >= 0.6 is 27.3 Å². The van der Waals surface area contributed by atoms with Crippen LogP contribution in [0.1, 0.15) is 18.7 Å². The molecule has 1 aromatic heterocycles. The molecule has 0 radical (unpaired) electrons. The third-order valence-electron chi connectivity index (χ3n) is 2.79. The minimum absolute atomic E-state index is 0.0547. The Morgan fingerprint density at radius 2 is 1.86 bits per heavy atom. The second-order valence-electron chi connectivity index (χ2n) is 4.46. The topological polar surface area (TPSA) is 47.6 Å². The van der Waals surface area contributed by atoms with Gasteiger partial charge in [0.1, 0.15) is 0 Å². The number of halogens is 1. The van der Waals surface area contributed by atoms with Gasteiger partial charge in [-0.1, -0.05) is 0 Å². The summed E-state index contributed by atoms with van der Waals surface area (Å²) >= 11 is 4.95. The van der Waals surface area contributed by atoms with Gasteiger partial charge in [0.15, 0.2) is 11.5 Å². The first-order chi connectivity index (χ1) is 10.6. The first-order valence-electron chi connectivity index (χ1n) is 7.06. The summed E-state index contributed by atoms with van der Waals surface area (Å²) < 4.78 is 12.1. The first-order valence-corrected chi connectivity index (χ1v) is 8.67. The molecule has 2 rings (SSSR count). The molecule has 2 aromatic rings. The molecule has 1 aromatic carbocycles.